The molecule has 1 saturated heterocycles. The van der Waals surface area contributed by atoms with E-state index < -0.39 is 0 Å². The minimum atomic E-state index is -0.349. The van der Waals surface area contributed by atoms with Crippen molar-refractivity contribution in [3.8, 4) is 16.9 Å². The molecule has 1 aliphatic rings. The van der Waals surface area contributed by atoms with Gasteiger partial charge in [0.2, 0.25) is 0 Å². The van der Waals surface area contributed by atoms with Crippen LogP contribution in [0.25, 0.3) is 22.0 Å². The Morgan fingerprint density at radius 3 is 2.35 bits per heavy atom. The second kappa shape index (κ2) is 13.3. The highest BCUT2D eigenvalue weighted by Crippen LogP contribution is 2.42. The third kappa shape index (κ3) is 6.29. The van der Waals surface area contributed by atoms with E-state index in [0.29, 0.717) is 36.7 Å². The molecule has 2 aromatic heterocycles. The van der Waals surface area contributed by atoms with Crippen LogP contribution in [0.2, 0.25) is 10.0 Å². The van der Waals surface area contributed by atoms with E-state index in [9.17, 15) is 4.79 Å². The van der Waals surface area contributed by atoms with Crippen molar-refractivity contribution in [3.05, 3.63) is 68.1 Å². The van der Waals surface area contributed by atoms with E-state index in [-0.39, 0.29) is 5.97 Å². The van der Waals surface area contributed by atoms with Gasteiger partial charge in [0, 0.05) is 73.5 Å². The zero-order valence-electron chi connectivity index (χ0n) is 25.9. The number of ether oxygens (including phenoxy) is 2. The first-order valence-corrected chi connectivity index (χ1v) is 15.6. The molecule has 3 heterocycles. The van der Waals surface area contributed by atoms with Crippen LogP contribution in [0.4, 0.5) is 0 Å². The first kappa shape index (κ1) is 31.4. The molecule has 10 heteroatoms. The van der Waals surface area contributed by atoms with Gasteiger partial charge in [0.15, 0.2) is 0 Å². The van der Waals surface area contributed by atoms with Gasteiger partial charge in [-0.2, -0.15) is 5.10 Å². The van der Waals surface area contributed by atoms with Gasteiger partial charge >= 0.3 is 5.97 Å². The summed E-state index contributed by atoms with van der Waals surface area (Å²) in [7, 11) is 3.39. The summed E-state index contributed by atoms with van der Waals surface area (Å²) in [5, 5.41) is 10.5. The lowest BCUT2D eigenvalue weighted by atomic mass is 9.98. The average Bonchev–Trinajstić information content (AvgIpc) is 3.44. The van der Waals surface area contributed by atoms with E-state index in [1.807, 2.05) is 56.8 Å². The van der Waals surface area contributed by atoms with Crippen LogP contribution in [0.15, 0.2) is 24.3 Å². The number of hydrogen-bond acceptors (Lipinski definition) is 6. The first-order valence-electron chi connectivity index (χ1n) is 14.9. The SMILES string of the molecule is COC(=O)c1c(CCCOc2cc(C)c(Cl)c(C)c2)c2ccc(Cl)c(-c3c(C)nn(C)c3C)c2n1CCN1CCNCC1. The molecular weight excluding hydrogens is 585 g/mol. The van der Waals surface area contributed by atoms with E-state index in [4.69, 9.17) is 32.7 Å². The number of piperazine rings is 1. The van der Waals surface area contributed by atoms with Gasteiger partial charge in [0.05, 0.1) is 29.9 Å². The van der Waals surface area contributed by atoms with E-state index in [1.54, 1.807) is 0 Å². The molecule has 1 aliphatic heterocycles. The summed E-state index contributed by atoms with van der Waals surface area (Å²) in [6.45, 7) is 13.8. The highest BCUT2D eigenvalue weighted by molar-refractivity contribution is 6.35. The number of benzene rings is 2. The van der Waals surface area contributed by atoms with Gasteiger partial charge in [0.1, 0.15) is 11.4 Å². The Labute approximate surface area is 263 Å². The van der Waals surface area contributed by atoms with Crippen LogP contribution >= 0.6 is 23.2 Å². The van der Waals surface area contributed by atoms with Gasteiger partial charge in [-0.05, 0) is 75.4 Å². The van der Waals surface area contributed by atoms with Crippen LogP contribution in [0.1, 0.15) is 45.0 Å². The summed E-state index contributed by atoms with van der Waals surface area (Å²) in [5.74, 6) is 0.445. The third-order valence-electron chi connectivity index (χ3n) is 8.51. The molecule has 0 radical (unpaired) electrons. The van der Waals surface area contributed by atoms with Gasteiger partial charge in [-0.15, -0.1) is 0 Å². The molecule has 0 atom stereocenters. The molecule has 5 rings (SSSR count). The summed E-state index contributed by atoms with van der Waals surface area (Å²) < 4.78 is 15.6. The van der Waals surface area contributed by atoms with Crippen molar-refractivity contribution in [2.75, 3.05) is 46.4 Å². The number of methoxy groups -OCH3 is 1. The summed E-state index contributed by atoms with van der Waals surface area (Å²) >= 11 is 13.4. The Morgan fingerprint density at radius 2 is 1.72 bits per heavy atom. The van der Waals surface area contributed by atoms with Crippen molar-refractivity contribution in [2.24, 2.45) is 7.05 Å². The Hall–Kier alpha value is -3.04. The molecule has 0 bridgehead atoms. The molecule has 4 aromatic rings. The van der Waals surface area contributed by atoms with Crippen LogP contribution in [0.5, 0.6) is 5.75 Å². The standard InChI is InChI=1S/C33H41Cl2N5O3/c1-20-18-24(19-21(2)30(20)35)43-17-7-8-25-26-9-10-27(34)29(28-22(3)37-38(5)23(28)4)31(26)40(32(25)33(41)42-6)16-15-39-13-11-36-12-14-39/h9-10,18-19,36H,7-8,11-17H2,1-6H3. The smallest absolute Gasteiger partial charge is 0.354 e. The molecule has 0 unspecified atom stereocenters. The summed E-state index contributed by atoms with van der Waals surface area (Å²) in [5.41, 5.74) is 8.27. The number of nitrogens with one attached hydrogen (secondary N) is 1. The predicted molar refractivity (Wildman–Crippen MR) is 174 cm³/mol. The Kier molecular flexibility index (Phi) is 9.71. The van der Waals surface area contributed by atoms with Crippen molar-refractivity contribution in [1.29, 1.82) is 0 Å². The van der Waals surface area contributed by atoms with Crippen LogP contribution in [0.3, 0.4) is 0 Å². The number of nitrogens with zero attached hydrogens (tertiary/aromatic N) is 4. The fourth-order valence-electron chi connectivity index (χ4n) is 6.28. The number of halogens is 2. The third-order valence-corrected chi connectivity index (χ3v) is 9.43. The molecule has 0 aliphatic carbocycles. The summed E-state index contributed by atoms with van der Waals surface area (Å²) in [6.07, 6.45) is 1.35. The van der Waals surface area contributed by atoms with Crippen LogP contribution in [-0.4, -0.2) is 71.7 Å². The van der Waals surface area contributed by atoms with Gasteiger partial charge in [0.25, 0.3) is 0 Å². The molecule has 0 spiro atoms. The van der Waals surface area contributed by atoms with E-state index in [1.165, 1.54) is 7.11 Å². The molecule has 1 fully saturated rings. The second-order valence-electron chi connectivity index (χ2n) is 11.4. The van der Waals surface area contributed by atoms with Gasteiger partial charge in [-0.1, -0.05) is 29.3 Å². The van der Waals surface area contributed by atoms with Crippen LogP contribution < -0.4 is 10.1 Å². The molecule has 43 heavy (non-hydrogen) atoms. The van der Waals surface area contributed by atoms with Crippen molar-refractivity contribution in [2.45, 2.75) is 47.1 Å². The Balaban J connectivity index is 1.58. The van der Waals surface area contributed by atoms with Gasteiger partial charge < -0.3 is 19.4 Å². The predicted octanol–water partition coefficient (Wildman–Crippen LogP) is 6.29. The van der Waals surface area contributed by atoms with Crippen molar-refractivity contribution in [1.82, 2.24) is 24.6 Å². The Morgan fingerprint density at radius 1 is 1.02 bits per heavy atom. The number of fused-ring (bicyclic) bond motifs is 1. The molecule has 230 valence electrons. The highest BCUT2D eigenvalue weighted by atomic mass is 35.5. The van der Waals surface area contributed by atoms with Crippen molar-refractivity contribution >= 4 is 40.1 Å². The molecule has 8 nitrogen and oxygen atoms in total. The lowest BCUT2D eigenvalue weighted by Crippen LogP contribution is -2.44. The monoisotopic (exact) mass is 625 g/mol. The maximum Gasteiger partial charge on any atom is 0.354 e. The molecule has 1 N–H and O–H groups in total. The second-order valence-corrected chi connectivity index (χ2v) is 12.2. The molecule has 2 aromatic carbocycles. The Bertz CT molecular complexity index is 1630. The van der Waals surface area contributed by atoms with Gasteiger partial charge in [-0.25, -0.2) is 4.79 Å². The topological polar surface area (TPSA) is 73.5 Å². The highest BCUT2D eigenvalue weighted by Gasteiger charge is 2.28. The van der Waals surface area contributed by atoms with Crippen molar-refractivity contribution in [3.63, 3.8) is 0 Å². The number of aryl methyl sites for hydroxylation is 5. The largest absolute Gasteiger partial charge is 0.494 e. The maximum atomic E-state index is 13.5. The van der Waals surface area contributed by atoms with E-state index in [0.717, 1.165) is 93.6 Å². The average molecular weight is 627 g/mol. The number of rotatable bonds is 10. The lowest BCUT2D eigenvalue weighted by molar-refractivity contribution is 0.0586. The molecule has 0 saturated carbocycles. The minimum Gasteiger partial charge on any atom is -0.494 e. The fraction of sp³-hybridized carbons (Fsp3) is 0.455. The quantitative estimate of drug-likeness (QED) is 0.165. The fourth-order valence-corrected chi connectivity index (χ4v) is 6.63. The zero-order valence-corrected chi connectivity index (χ0v) is 27.5. The summed E-state index contributed by atoms with van der Waals surface area (Å²) in [4.78, 5) is 16.0. The number of carbonyl (C=O) groups excluding carboxylic acids is 1. The minimum absolute atomic E-state index is 0.349. The van der Waals surface area contributed by atoms with E-state index >= 15 is 0 Å². The number of carbonyl (C=O) groups is 1. The lowest BCUT2D eigenvalue weighted by Gasteiger charge is -2.27. The molecule has 0 amide bonds. The van der Waals surface area contributed by atoms with Crippen molar-refractivity contribution < 1.29 is 14.3 Å². The maximum absolute atomic E-state index is 13.5. The number of hydrogen-bond donors (Lipinski definition) is 1. The van der Waals surface area contributed by atoms with E-state index in [2.05, 4.69) is 26.8 Å². The van der Waals surface area contributed by atoms with Gasteiger partial charge in [-0.3, -0.25) is 9.58 Å². The number of esters is 1. The normalized spacial score (nSPS) is 14.0. The molecular formula is C33H41Cl2N5O3. The van der Waals surface area contributed by atoms with Crippen LogP contribution in [-0.2, 0) is 24.8 Å². The van der Waals surface area contributed by atoms with Crippen LogP contribution in [0, 0.1) is 27.7 Å². The summed E-state index contributed by atoms with van der Waals surface area (Å²) in [6, 6.07) is 7.90. The zero-order chi connectivity index (χ0) is 30.8. The number of aromatic nitrogens is 3. The first-order chi connectivity index (χ1) is 20.6.